The number of nitrogens with zero attached hydrogens (tertiary/aromatic N) is 4. The lowest BCUT2D eigenvalue weighted by molar-refractivity contribution is -0.115. The first-order valence-electron chi connectivity index (χ1n) is 8.25. The maximum absolute atomic E-state index is 12.4. The van der Waals surface area contributed by atoms with Crippen molar-refractivity contribution in [2.24, 2.45) is 14.1 Å². The predicted molar refractivity (Wildman–Crippen MR) is 103 cm³/mol. The molecule has 4 rings (SSSR count). The topological polar surface area (TPSA) is 128 Å². The van der Waals surface area contributed by atoms with E-state index in [-0.39, 0.29) is 29.2 Å². The van der Waals surface area contributed by atoms with Crippen LogP contribution < -0.4 is 16.6 Å². The number of carbonyl (C=O) groups is 1. The molecule has 2 N–H and O–H groups in total. The smallest absolute Gasteiger partial charge is 0.332 e. The highest BCUT2D eigenvalue weighted by molar-refractivity contribution is 6.32. The van der Waals surface area contributed by atoms with Gasteiger partial charge < -0.3 is 4.42 Å². The fraction of sp³-hybridized carbons (Fsp3) is 0.235. The summed E-state index contributed by atoms with van der Waals surface area (Å²) >= 11 is 6.07. The largest absolute Gasteiger partial charge is 0.423 e. The molecule has 11 heteroatoms. The van der Waals surface area contributed by atoms with Gasteiger partial charge in [0.15, 0.2) is 5.58 Å². The number of rotatable bonds is 3. The van der Waals surface area contributed by atoms with Gasteiger partial charge in [0.1, 0.15) is 16.6 Å². The summed E-state index contributed by atoms with van der Waals surface area (Å²) in [6.07, 6.45) is -0.202. The van der Waals surface area contributed by atoms with Crippen molar-refractivity contribution in [3.63, 3.8) is 0 Å². The number of H-pyrrole nitrogens is 1. The van der Waals surface area contributed by atoms with Gasteiger partial charge in [-0.2, -0.15) is 10.1 Å². The molecule has 0 aliphatic carbocycles. The van der Waals surface area contributed by atoms with Crippen LogP contribution in [0.25, 0.3) is 22.1 Å². The number of aromatic amines is 1. The van der Waals surface area contributed by atoms with Crippen LogP contribution in [0.1, 0.15) is 11.3 Å². The van der Waals surface area contributed by atoms with Crippen LogP contribution >= 0.6 is 11.6 Å². The second kappa shape index (κ2) is 6.34. The van der Waals surface area contributed by atoms with E-state index in [4.69, 9.17) is 16.0 Å². The van der Waals surface area contributed by atoms with Gasteiger partial charge in [-0.15, -0.1) is 0 Å². The summed E-state index contributed by atoms with van der Waals surface area (Å²) < 4.78 is 7.74. The van der Waals surface area contributed by atoms with Crippen LogP contribution in [0.15, 0.2) is 26.1 Å². The molecule has 3 heterocycles. The molecular formula is C17H15ClN6O4. The van der Waals surface area contributed by atoms with E-state index in [0.29, 0.717) is 16.1 Å². The van der Waals surface area contributed by atoms with E-state index in [2.05, 4.69) is 20.5 Å². The molecule has 0 spiro atoms. The maximum atomic E-state index is 12.4. The van der Waals surface area contributed by atoms with Crippen molar-refractivity contribution in [3.05, 3.63) is 49.3 Å². The van der Waals surface area contributed by atoms with E-state index >= 15 is 0 Å². The number of anilines is 1. The molecule has 1 amide bonds. The molecule has 4 aromatic rings. The van der Waals surface area contributed by atoms with Crippen molar-refractivity contribution in [3.8, 4) is 0 Å². The minimum absolute atomic E-state index is 0.0156. The Hall–Kier alpha value is -3.40. The first kappa shape index (κ1) is 18.0. The Balaban J connectivity index is 1.64. The highest BCUT2D eigenvalue weighted by atomic mass is 35.5. The Kier molecular flexibility index (Phi) is 4.07. The summed E-state index contributed by atoms with van der Waals surface area (Å²) in [7, 11) is 2.88. The van der Waals surface area contributed by atoms with E-state index in [1.54, 1.807) is 12.1 Å². The number of aryl methyl sites for hydroxylation is 2. The van der Waals surface area contributed by atoms with E-state index in [9.17, 15) is 14.4 Å². The van der Waals surface area contributed by atoms with Crippen LogP contribution in [0.4, 0.5) is 6.01 Å². The molecule has 0 aliphatic rings. The molecule has 0 saturated heterocycles. The highest BCUT2D eigenvalue weighted by Gasteiger charge is 2.19. The van der Waals surface area contributed by atoms with Gasteiger partial charge in [0.05, 0.1) is 12.1 Å². The number of halogens is 1. The summed E-state index contributed by atoms with van der Waals surface area (Å²) in [6.45, 7) is 1.83. The van der Waals surface area contributed by atoms with Crippen molar-refractivity contribution in [2.45, 2.75) is 13.3 Å². The minimum atomic E-state index is -0.526. The summed E-state index contributed by atoms with van der Waals surface area (Å²) in [5.74, 6) is -0.473. The van der Waals surface area contributed by atoms with E-state index in [1.807, 2.05) is 6.92 Å². The van der Waals surface area contributed by atoms with Crippen molar-refractivity contribution in [1.82, 2.24) is 24.3 Å². The molecule has 0 bridgehead atoms. The zero-order valence-corrected chi connectivity index (χ0v) is 15.9. The number of hydrogen-bond donors (Lipinski definition) is 2. The van der Waals surface area contributed by atoms with Crippen molar-refractivity contribution < 1.29 is 9.21 Å². The average Bonchev–Trinajstić information content (AvgIpc) is 3.22. The van der Waals surface area contributed by atoms with Gasteiger partial charge in [0, 0.05) is 19.1 Å². The molecule has 144 valence electrons. The van der Waals surface area contributed by atoms with Gasteiger partial charge in [0.2, 0.25) is 5.91 Å². The summed E-state index contributed by atoms with van der Waals surface area (Å²) in [5.41, 5.74) is 1.29. The van der Waals surface area contributed by atoms with E-state index in [0.717, 1.165) is 10.1 Å². The van der Waals surface area contributed by atoms with Crippen LogP contribution in [0, 0.1) is 6.92 Å². The zero-order chi connectivity index (χ0) is 20.2. The van der Waals surface area contributed by atoms with Gasteiger partial charge in [-0.3, -0.25) is 29.1 Å². The molecule has 0 radical (unpaired) electrons. The maximum Gasteiger partial charge on any atom is 0.332 e. The quantitative estimate of drug-likeness (QED) is 0.530. The third-order valence-corrected chi connectivity index (χ3v) is 4.90. The molecule has 1 aromatic carbocycles. The number of nitrogens with one attached hydrogen (secondary N) is 2. The standard InChI is InChI=1S/C17H15ClN6O4/c1-7-4-11-9(5-8(7)18)19-16(28-11)20-12(25)6-10-13-14(22-21-10)23(2)17(27)24(3)15(13)26/h4-5H,6H2,1-3H3,(H,21,22)(H,19,20,25). The molecule has 3 aromatic heterocycles. The normalized spacial score (nSPS) is 11.4. The first-order chi connectivity index (χ1) is 13.3. The summed E-state index contributed by atoms with van der Waals surface area (Å²) in [5, 5.41) is 9.92. The van der Waals surface area contributed by atoms with E-state index in [1.165, 1.54) is 18.7 Å². The average molecular weight is 403 g/mol. The fourth-order valence-corrected chi connectivity index (χ4v) is 3.12. The summed E-state index contributed by atoms with van der Waals surface area (Å²) in [4.78, 5) is 41.0. The lowest BCUT2D eigenvalue weighted by Gasteiger charge is -2.03. The second-order valence-corrected chi connectivity index (χ2v) is 6.82. The predicted octanol–water partition coefficient (Wildman–Crippen LogP) is 1.24. The Labute approximate surface area is 161 Å². The monoisotopic (exact) mass is 402 g/mol. The van der Waals surface area contributed by atoms with Crippen LogP contribution in [0.2, 0.25) is 5.02 Å². The molecule has 10 nitrogen and oxygen atoms in total. The van der Waals surface area contributed by atoms with E-state index < -0.39 is 17.2 Å². The number of fused-ring (bicyclic) bond motifs is 2. The van der Waals surface area contributed by atoms with Crippen molar-refractivity contribution >= 4 is 45.7 Å². The molecular weight excluding hydrogens is 388 g/mol. The molecule has 0 unspecified atom stereocenters. The van der Waals surface area contributed by atoms with Crippen LogP contribution in [0.5, 0.6) is 0 Å². The highest BCUT2D eigenvalue weighted by Crippen LogP contribution is 2.25. The number of carbonyl (C=O) groups excluding carboxylic acids is 1. The number of oxazole rings is 1. The Morgan fingerprint density at radius 2 is 2.04 bits per heavy atom. The molecule has 28 heavy (non-hydrogen) atoms. The third-order valence-electron chi connectivity index (χ3n) is 4.49. The number of amides is 1. The number of hydrogen-bond acceptors (Lipinski definition) is 6. The molecule has 0 fully saturated rings. The van der Waals surface area contributed by atoms with Crippen molar-refractivity contribution in [1.29, 1.82) is 0 Å². The number of aromatic nitrogens is 5. The fourth-order valence-electron chi connectivity index (χ4n) is 2.96. The molecule has 0 atom stereocenters. The Morgan fingerprint density at radius 3 is 2.79 bits per heavy atom. The van der Waals surface area contributed by atoms with Gasteiger partial charge in [-0.1, -0.05) is 11.6 Å². The number of benzene rings is 1. The van der Waals surface area contributed by atoms with Crippen LogP contribution in [-0.4, -0.2) is 30.2 Å². The van der Waals surface area contributed by atoms with Crippen LogP contribution in [0.3, 0.4) is 0 Å². The SMILES string of the molecule is Cc1cc2oc(NC(=O)Cc3n[nH]c4c3c(=O)n(C)c(=O)n4C)nc2cc1Cl. The lowest BCUT2D eigenvalue weighted by Crippen LogP contribution is -2.37. The summed E-state index contributed by atoms with van der Waals surface area (Å²) in [6, 6.07) is 3.39. The van der Waals surface area contributed by atoms with Gasteiger partial charge in [0.25, 0.3) is 5.56 Å². The third kappa shape index (κ3) is 2.78. The Bertz CT molecular complexity index is 1340. The van der Waals surface area contributed by atoms with Gasteiger partial charge in [-0.25, -0.2) is 4.79 Å². The molecule has 0 saturated carbocycles. The first-order valence-corrected chi connectivity index (χ1v) is 8.63. The Morgan fingerprint density at radius 1 is 1.29 bits per heavy atom. The second-order valence-electron chi connectivity index (χ2n) is 6.41. The lowest BCUT2D eigenvalue weighted by atomic mass is 10.2. The minimum Gasteiger partial charge on any atom is -0.423 e. The molecule has 0 aliphatic heterocycles. The van der Waals surface area contributed by atoms with Gasteiger partial charge in [-0.05, 0) is 24.6 Å². The zero-order valence-electron chi connectivity index (χ0n) is 15.2. The van der Waals surface area contributed by atoms with Crippen molar-refractivity contribution in [2.75, 3.05) is 5.32 Å². The van der Waals surface area contributed by atoms with Gasteiger partial charge >= 0.3 is 11.7 Å². The van der Waals surface area contributed by atoms with Crippen LogP contribution in [-0.2, 0) is 25.3 Å².